The Hall–Kier alpha value is -1.95. The minimum absolute atomic E-state index is 0.0424. The first-order chi connectivity index (χ1) is 11.5. The SMILES string of the molecule is CCN(CC)C(=O)C1CC1C(=O)Nc1cc(OC)c(Cl)cc1OC. The van der Waals surface area contributed by atoms with Crippen LogP contribution in [0.3, 0.4) is 0 Å². The van der Waals surface area contributed by atoms with Crippen LogP contribution in [0, 0.1) is 11.8 Å². The Balaban J connectivity index is 2.07. The summed E-state index contributed by atoms with van der Waals surface area (Å²) in [6.07, 6.45) is 0.578. The van der Waals surface area contributed by atoms with E-state index in [1.54, 1.807) is 17.0 Å². The molecular weight excluding hydrogens is 332 g/mol. The molecule has 1 fully saturated rings. The van der Waals surface area contributed by atoms with Crippen molar-refractivity contribution in [1.29, 1.82) is 0 Å². The normalized spacial score (nSPS) is 18.7. The van der Waals surface area contributed by atoms with E-state index >= 15 is 0 Å². The van der Waals surface area contributed by atoms with Crippen molar-refractivity contribution in [2.75, 3.05) is 32.6 Å². The maximum atomic E-state index is 12.4. The molecule has 0 radical (unpaired) electrons. The van der Waals surface area contributed by atoms with Crippen molar-refractivity contribution >= 4 is 29.1 Å². The quantitative estimate of drug-likeness (QED) is 0.817. The molecule has 1 aliphatic rings. The fraction of sp³-hybridized carbons (Fsp3) is 0.529. The Morgan fingerprint density at radius 2 is 1.79 bits per heavy atom. The van der Waals surface area contributed by atoms with Gasteiger partial charge in [-0.2, -0.15) is 0 Å². The van der Waals surface area contributed by atoms with Crippen molar-refractivity contribution in [2.45, 2.75) is 20.3 Å². The maximum absolute atomic E-state index is 12.4. The third-order valence-corrected chi connectivity index (χ3v) is 4.55. The van der Waals surface area contributed by atoms with Crippen LogP contribution in [0.4, 0.5) is 5.69 Å². The van der Waals surface area contributed by atoms with Crippen LogP contribution in [-0.4, -0.2) is 44.0 Å². The monoisotopic (exact) mass is 354 g/mol. The van der Waals surface area contributed by atoms with Crippen LogP contribution < -0.4 is 14.8 Å². The van der Waals surface area contributed by atoms with Crippen LogP contribution in [0.25, 0.3) is 0 Å². The Morgan fingerprint density at radius 1 is 1.17 bits per heavy atom. The van der Waals surface area contributed by atoms with Crippen LogP contribution >= 0.6 is 11.6 Å². The molecule has 7 heteroatoms. The van der Waals surface area contributed by atoms with Crippen LogP contribution in [0.1, 0.15) is 20.3 Å². The second-order valence-electron chi connectivity index (χ2n) is 5.64. The lowest BCUT2D eigenvalue weighted by molar-refractivity contribution is -0.133. The van der Waals surface area contributed by atoms with Gasteiger partial charge in [-0.25, -0.2) is 0 Å². The van der Waals surface area contributed by atoms with E-state index in [-0.39, 0.29) is 23.7 Å². The number of hydrogen-bond donors (Lipinski definition) is 1. The summed E-state index contributed by atoms with van der Waals surface area (Å²) < 4.78 is 10.4. The first-order valence-electron chi connectivity index (χ1n) is 7.97. The average molecular weight is 355 g/mol. The van der Waals surface area contributed by atoms with Gasteiger partial charge in [-0.3, -0.25) is 9.59 Å². The Morgan fingerprint density at radius 3 is 2.33 bits per heavy atom. The molecular formula is C17H23ClN2O4. The molecule has 0 aliphatic heterocycles. The summed E-state index contributed by atoms with van der Waals surface area (Å²) in [5.41, 5.74) is 0.477. The Kier molecular flexibility index (Phi) is 5.94. The smallest absolute Gasteiger partial charge is 0.228 e. The largest absolute Gasteiger partial charge is 0.495 e. The zero-order chi connectivity index (χ0) is 17.9. The molecule has 1 aliphatic carbocycles. The van der Waals surface area contributed by atoms with Gasteiger partial charge in [-0.15, -0.1) is 0 Å². The van der Waals surface area contributed by atoms with Gasteiger partial charge in [0.1, 0.15) is 11.5 Å². The highest BCUT2D eigenvalue weighted by molar-refractivity contribution is 6.32. The van der Waals surface area contributed by atoms with E-state index in [1.165, 1.54) is 14.2 Å². The van der Waals surface area contributed by atoms with Crippen molar-refractivity contribution in [1.82, 2.24) is 4.90 Å². The lowest BCUT2D eigenvalue weighted by Gasteiger charge is -2.18. The topological polar surface area (TPSA) is 67.9 Å². The Bertz CT molecular complexity index is 631. The predicted octanol–water partition coefficient (Wildman–Crippen LogP) is 2.80. The molecule has 24 heavy (non-hydrogen) atoms. The van der Waals surface area contributed by atoms with E-state index in [4.69, 9.17) is 21.1 Å². The van der Waals surface area contributed by atoms with Crippen molar-refractivity contribution in [2.24, 2.45) is 11.8 Å². The van der Waals surface area contributed by atoms with E-state index < -0.39 is 0 Å². The summed E-state index contributed by atoms with van der Waals surface area (Å²) in [5, 5.41) is 3.21. The summed E-state index contributed by atoms with van der Waals surface area (Å²) in [6.45, 7) is 5.18. The summed E-state index contributed by atoms with van der Waals surface area (Å²) in [5.74, 6) is 0.208. The van der Waals surface area contributed by atoms with Gasteiger partial charge in [0.25, 0.3) is 0 Å². The molecule has 1 aromatic rings. The maximum Gasteiger partial charge on any atom is 0.228 e. The molecule has 0 bridgehead atoms. The summed E-state index contributed by atoms with van der Waals surface area (Å²) >= 11 is 6.06. The zero-order valence-electron chi connectivity index (χ0n) is 14.4. The number of ether oxygens (including phenoxy) is 2. The number of hydrogen-bond acceptors (Lipinski definition) is 4. The zero-order valence-corrected chi connectivity index (χ0v) is 15.1. The van der Waals surface area contributed by atoms with Gasteiger partial charge in [0, 0.05) is 25.2 Å². The van der Waals surface area contributed by atoms with E-state index in [1.807, 2.05) is 13.8 Å². The van der Waals surface area contributed by atoms with E-state index in [0.717, 1.165) is 0 Å². The molecule has 0 saturated heterocycles. The van der Waals surface area contributed by atoms with Gasteiger partial charge in [0.2, 0.25) is 11.8 Å². The summed E-state index contributed by atoms with van der Waals surface area (Å²) in [7, 11) is 3.00. The number of anilines is 1. The summed E-state index contributed by atoms with van der Waals surface area (Å²) in [4.78, 5) is 26.5. The highest BCUT2D eigenvalue weighted by Gasteiger charge is 2.49. The van der Waals surface area contributed by atoms with Crippen molar-refractivity contribution in [3.05, 3.63) is 17.2 Å². The molecule has 0 aromatic heterocycles. The lowest BCUT2D eigenvalue weighted by Crippen LogP contribution is -2.33. The molecule has 0 heterocycles. The van der Waals surface area contributed by atoms with E-state index in [2.05, 4.69) is 5.32 Å². The van der Waals surface area contributed by atoms with Crippen LogP contribution in [-0.2, 0) is 9.59 Å². The average Bonchev–Trinajstić information content (AvgIpc) is 3.37. The molecule has 0 spiro atoms. The fourth-order valence-electron chi connectivity index (χ4n) is 2.71. The number of nitrogens with zero attached hydrogens (tertiary/aromatic N) is 1. The third kappa shape index (κ3) is 3.75. The minimum Gasteiger partial charge on any atom is -0.495 e. The number of rotatable bonds is 7. The van der Waals surface area contributed by atoms with Crippen LogP contribution in [0.5, 0.6) is 11.5 Å². The summed E-state index contributed by atoms with van der Waals surface area (Å²) in [6, 6.07) is 3.20. The van der Waals surface area contributed by atoms with Crippen molar-refractivity contribution < 1.29 is 19.1 Å². The first-order valence-corrected chi connectivity index (χ1v) is 8.35. The van der Waals surface area contributed by atoms with Crippen LogP contribution in [0.2, 0.25) is 5.02 Å². The molecule has 2 unspecified atom stereocenters. The number of nitrogens with one attached hydrogen (secondary N) is 1. The molecule has 1 N–H and O–H groups in total. The van der Waals surface area contributed by atoms with Gasteiger partial charge in [0.15, 0.2) is 0 Å². The molecule has 2 amide bonds. The predicted molar refractivity (Wildman–Crippen MR) is 92.7 cm³/mol. The standard InChI is InChI=1S/C17H23ClN2O4/c1-5-20(6-2)17(22)11-7-10(11)16(21)19-13-9-14(23-3)12(18)8-15(13)24-4/h8-11H,5-7H2,1-4H3,(H,19,21). The first kappa shape index (κ1) is 18.4. The highest BCUT2D eigenvalue weighted by Crippen LogP contribution is 2.42. The fourth-order valence-corrected chi connectivity index (χ4v) is 2.94. The van der Waals surface area contributed by atoms with Crippen molar-refractivity contribution in [3.8, 4) is 11.5 Å². The molecule has 2 rings (SSSR count). The molecule has 6 nitrogen and oxygen atoms in total. The highest BCUT2D eigenvalue weighted by atomic mass is 35.5. The number of carbonyl (C=O) groups is 2. The van der Waals surface area contributed by atoms with Gasteiger partial charge < -0.3 is 19.7 Å². The Labute approximate surface area is 147 Å². The van der Waals surface area contributed by atoms with Gasteiger partial charge >= 0.3 is 0 Å². The van der Waals surface area contributed by atoms with Gasteiger partial charge in [0.05, 0.1) is 36.8 Å². The van der Waals surface area contributed by atoms with Gasteiger partial charge in [-0.1, -0.05) is 11.6 Å². The minimum atomic E-state index is -0.301. The number of benzene rings is 1. The molecule has 1 aromatic carbocycles. The lowest BCUT2D eigenvalue weighted by atomic mass is 10.2. The van der Waals surface area contributed by atoms with E-state index in [9.17, 15) is 9.59 Å². The van der Waals surface area contributed by atoms with E-state index in [0.29, 0.717) is 41.7 Å². The van der Waals surface area contributed by atoms with Gasteiger partial charge in [-0.05, 0) is 20.3 Å². The molecule has 2 atom stereocenters. The number of halogens is 1. The third-order valence-electron chi connectivity index (χ3n) is 4.25. The van der Waals surface area contributed by atoms with Crippen molar-refractivity contribution in [3.63, 3.8) is 0 Å². The second kappa shape index (κ2) is 7.75. The second-order valence-corrected chi connectivity index (χ2v) is 6.04. The van der Waals surface area contributed by atoms with Crippen LogP contribution in [0.15, 0.2) is 12.1 Å². The number of carbonyl (C=O) groups excluding carboxylic acids is 2. The molecule has 1 saturated carbocycles. The molecule has 132 valence electrons. The number of methoxy groups -OCH3 is 2. The number of amides is 2.